The Balaban J connectivity index is 1.43. The second kappa shape index (κ2) is 11.6. The minimum atomic E-state index is -1.20. The number of benzene rings is 3. The van der Waals surface area contributed by atoms with Crippen molar-refractivity contribution in [2.45, 2.75) is 44.6 Å². The molecule has 4 rings (SSSR count). The lowest BCUT2D eigenvalue weighted by Crippen LogP contribution is -2.23. The Morgan fingerprint density at radius 2 is 1.62 bits per heavy atom. The first-order chi connectivity index (χ1) is 17.8. The van der Waals surface area contributed by atoms with Gasteiger partial charge in [-0.2, -0.15) is 4.39 Å². The van der Waals surface area contributed by atoms with Crippen molar-refractivity contribution in [3.8, 4) is 22.6 Å². The molecule has 1 aliphatic carbocycles. The van der Waals surface area contributed by atoms with Gasteiger partial charge in [-0.15, -0.1) is 0 Å². The zero-order valence-electron chi connectivity index (χ0n) is 20.6. The number of aliphatic hydroxyl groups is 1. The van der Waals surface area contributed by atoms with Crippen molar-refractivity contribution < 1.29 is 32.5 Å². The molecule has 37 heavy (non-hydrogen) atoms. The van der Waals surface area contributed by atoms with E-state index in [0.717, 1.165) is 12.8 Å². The van der Waals surface area contributed by atoms with Gasteiger partial charge in [-0.3, -0.25) is 0 Å². The number of halogens is 3. The molecule has 1 unspecified atom stereocenters. The largest absolute Gasteiger partial charge is 0.486 e. The molecule has 7 heteroatoms. The van der Waals surface area contributed by atoms with Crippen molar-refractivity contribution in [1.82, 2.24) is 0 Å². The topological polar surface area (TPSA) is 55.8 Å². The molecule has 0 radical (unpaired) electrons. The molecule has 1 saturated carbocycles. The maximum Gasteiger partial charge on any atom is 0.343 e. The highest BCUT2D eigenvalue weighted by Crippen LogP contribution is 2.39. The van der Waals surface area contributed by atoms with Crippen LogP contribution in [0.4, 0.5) is 13.2 Å². The summed E-state index contributed by atoms with van der Waals surface area (Å²) in [6.07, 6.45) is 3.91. The smallest absolute Gasteiger partial charge is 0.343 e. The van der Waals surface area contributed by atoms with Crippen LogP contribution >= 0.6 is 0 Å². The molecule has 1 fully saturated rings. The number of aliphatic hydroxyl groups excluding tert-OH is 1. The first-order valence-corrected chi connectivity index (χ1v) is 12.3. The van der Waals surface area contributed by atoms with Crippen LogP contribution in [0.1, 0.15) is 54.4 Å². The summed E-state index contributed by atoms with van der Waals surface area (Å²) in [5, 5.41) is 9.76. The number of esters is 1. The summed E-state index contributed by atoms with van der Waals surface area (Å²) >= 11 is 0. The molecule has 4 nitrogen and oxygen atoms in total. The van der Waals surface area contributed by atoms with Crippen molar-refractivity contribution in [2.24, 2.45) is 5.92 Å². The molecule has 0 amide bonds. The molecule has 0 aromatic heterocycles. The third kappa shape index (κ3) is 6.05. The van der Waals surface area contributed by atoms with Gasteiger partial charge in [0, 0.05) is 0 Å². The van der Waals surface area contributed by atoms with Crippen LogP contribution in [0.25, 0.3) is 11.1 Å². The number of carbonyl (C=O) groups is 1. The van der Waals surface area contributed by atoms with Crippen LogP contribution < -0.4 is 9.47 Å². The predicted octanol–water partition coefficient (Wildman–Crippen LogP) is 7.21. The van der Waals surface area contributed by atoms with E-state index in [4.69, 9.17) is 9.47 Å². The molecule has 0 spiro atoms. The number of hydrogen-bond donors (Lipinski definition) is 1. The van der Waals surface area contributed by atoms with Crippen LogP contribution in [0.5, 0.6) is 11.5 Å². The van der Waals surface area contributed by atoms with Crippen LogP contribution in [0, 0.1) is 23.4 Å². The fourth-order valence-electron chi connectivity index (χ4n) is 4.76. The molecule has 0 aliphatic heterocycles. The summed E-state index contributed by atoms with van der Waals surface area (Å²) in [5.41, 5.74) is 1.63. The molecule has 0 heterocycles. The van der Waals surface area contributed by atoms with E-state index in [-0.39, 0.29) is 35.3 Å². The molecule has 3 aromatic rings. The van der Waals surface area contributed by atoms with E-state index in [9.17, 15) is 23.1 Å². The van der Waals surface area contributed by atoms with Crippen LogP contribution in [0.15, 0.2) is 67.3 Å². The number of hydrogen-bond acceptors (Lipinski definition) is 4. The summed E-state index contributed by atoms with van der Waals surface area (Å²) in [5.74, 6) is -3.92. The third-order valence-corrected chi connectivity index (χ3v) is 6.92. The van der Waals surface area contributed by atoms with Crippen molar-refractivity contribution in [1.29, 1.82) is 0 Å². The van der Waals surface area contributed by atoms with E-state index in [1.54, 1.807) is 25.1 Å². The number of ether oxygens (including phenoxy) is 2. The van der Waals surface area contributed by atoms with Crippen LogP contribution in [-0.4, -0.2) is 23.8 Å². The standard InChI is InChI=1S/C30H29F3O4/c1-3-16-36-26-14-12-23(17-25(26)31)20-6-10-22(11-7-20)30(35)37-27-15-13-24(28(32)29(27)33)21-8-4-19(5-9-21)18(2)34/h3,6-7,10-15,17-19,21,34H,1,4-5,8-9,16H2,2H3. The summed E-state index contributed by atoms with van der Waals surface area (Å²) in [7, 11) is 0. The van der Waals surface area contributed by atoms with Gasteiger partial charge in [0.05, 0.1) is 11.7 Å². The monoisotopic (exact) mass is 510 g/mol. The van der Waals surface area contributed by atoms with Gasteiger partial charge in [-0.1, -0.05) is 36.9 Å². The average molecular weight is 511 g/mol. The minimum Gasteiger partial charge on any atom is -0.486 e. The van der Waals surface area contributed by atoms with Gasteiger partial charge in [-0.05, 0) is 91.5 Å². The molecular weight excluding hydrogens is 481 g/mol. The van der Waals surface area contributed by atoms with Crippen LogP contribution in [-0.2, 0) is 0 Å². The number of carbonyl (C=O) groups excluding carboxylic acids is 1. The summed E-state index contributed by atoms with van der Waals surface area (Å²) in [4.78, 5) is 12.6. The fraction of sp³-hybridized carbons (Fsp3) is 0.300. The third-order valence-electron chi connectivity index (χ3n) is 6.92. The van der Waals surface area contributed by atoms with Gasteiger partial charge in [0.1, 0.15) is 6.61 Å². The highest BCUT2D eigenvalue weighted by atomic mass is 19.2. The van der Waals surface area contributed by atoms with Crippen molar-refractivity contribution in [3.05, 3.63) is 95.8 Å². The maximum absolute atomic E-state index is 14.9. The minimum absolute atomic E-state index is 0.108. The van der Waals surface area contributed by atoms with Gasteiger partial charge >= 0.3 is 5.97 Å². The molecule has 0 bridgehead atoms. The summed E-state index contributed by atoms with van der Waals surface area (Å²) in [6, 6.07) is 13.4. The van der Waals surface area contributed by atoms with E-state index >= 15 is 0 Å². The Labute approximate surface area is 214 Å². The van der Waals surface area contributed by atoms with Gasteiger partial charge < -0.3 is 14.6 Å². The van der Waals surface area contributed by atoms with Gasteiger partial charge in [0.15, 0.2) is 23.1 Å². The van der Waals surface area contributed by atoms with E-state index in [1.165, 1.54) is 42.5 Å². The molecule has 194 valence electrons. The Morgan fingerprint density at radius 1 is 0.973 bits per heavy atom. The van der Waals surface area contributed by atoms with E-state index < -0.39 is 35.3 Å². The van der Waals surface area contributed by atoms with Crippen LogP contribution in [0.2, 0.25) is 0 Å². The Hall–Kier alpha value is -3.58. The lowest BCUT2D eigenvalue weighted by atomic mass is 9.77. The molecular formula is C30H29F3O4. The average Bonchev–Trinajstić information content (AvgIpc) is 2.91. The Morgan fingerprint density at radius 3 is 2.24 bits per heavy atom. The van der Waals surface area contributed by atoms with E-state index in [1.807, 2.05) is 0 Å². The van der Waals surface area contributed by atoms with Crippen molar-refractivity contribution in [2.75, 3.05) is 6.61 Å². The van der Waals surface area contributed by atoms with Crippen LogP contribution in [0.3, 0.4) is 0 Å². The maximum atomic E-state index is 14.9. The molecule has 3 aromatic carbocycles. The first kappa shape index (κ1) is 26.5. The molecule has 1 aliphatic rings. The van der Waals surface area contributed by atoms with E-state index in [0.29, 0.717) is 24.0 Å². The second-order valence-corrected chi connectivity index (χ2v) is 9.34. The Bertz CT molecular complexity index is 1260. The van der Waals surface area contributed by atoms with Crippen molar-refractivity contribution >= 4 is 5.97 Å². The zero-order valence-corrected chi connectivity index (χ0v) is 20.6. The summed E-state index contributed by atoms with van der Waals surface area (Å²) < 4.78 is 54.3. The lowest BCUT2D eigenvalue weighted by molar-refractivity contribution is 0.0726. The van der Waals surface area contributed by atoms with Gasteiger partial charge in [-0.25, -0.2) is 13.6 Å². The fourth-order valence-corrected chi connectivity index (χ4v) is 4.76. The molecule has 1 N–H and O–H groups in total. The predicted molar refractivity (Wildman–Crippen MR) is 135 cm³/mol. The highest BCUT2D eigenvalue weighted by Gasteiger charge is 2.29. The second-order valence-electron chi connectivity index (χ2n) is 9.34. The highest BCUT2D eigenvalue weighted by molar-refractivity contribution is 5.91. The molecule has 1 atom stereocenters. The first-order valence-electron chi connectivity index (χ1n) is 12.3. The summed E-state index contributed by atoms with van der Waals surface area (Å²) in [6.45, 7) is 5.46. The van der Waals surface area contributed by atoms with Gasteiger partial charge in [0.2, 0.25) is 5.82 Å². The van der Waals surface area contributed by atoms with Gasteiger partial charge in [0.25, 0.3) is 0 Å². The quantitative estimate of drug-likeness (QED) is 0.198. The Kier molecular flexibility index (Phi) is 8.34. The van der Waals surface area contributed by atoms with Crippen molar-refractivity contribution in [3.63, 3.8) is 0 Å². The normalized spacial score (nSPS) is 18.2. The molecule has 0 saturated heterocycles. The number of rotatable bonds is 8. The van der Waals surface area contributed by atoms with E-state index in [2.05, 4.69) is 6.58 Å². The SMILES string of the molecule is C=CCOc1ccc(-c2ccc(C(=O)Oc3ccc(C4CCC(C(C)O)CC4)c(F)c3F)cc2)cc1F. The lowest BCUT2D eigenvalue weighted by Gasteiger charge is -2.30. The zero-order chi connectivity index (χ0) is 26.5.